The molecule has 0 aliphatic carbocycles. The Hall–Kier alpha value is -0.910. The second kappa shape index (κ2) is 10.1. The third-order valence-corrected chi connectivity index (χ3v) is 4.11. The highest BCUT2D eigenvalue weighted by Crippen LogP contribution is 2.11. The van der Waals surface area contributed by atoms with Gasteiger partial charge in [-0.1, -0.05) is 19.9 Å². The standard InChI is InChI=1S/C17H27N3O.CH4S/c1-13(2)17(21)16-7-5-6-15(18-16)12-19-8-10-20(11-9-19)14(3)4;1-2/h5-7,13-14H,8-12H2,1-4H3;2H,1H3. The van der Waals surface area contributed by atoms with Crippen molar-refractivity contribution in [2.45, 2.75) is 40.3 Å². The van der Waals surface area contributed by atoms with Crippen molar-refractivity contribution >= 4 is 18.4 Å². The Kier molecular flexibility index (Phi) is 8.81. The van der Waals surface area contributed by atoms with Crippen molar-refractivity contribution in [1.82, 2.24) is 14.8 Å². The molecular weight excluding hydrogens is 306 g/mol. The van der Waals surface area contributed by atoms with Gasteiger partial charge in [0, 0.05) is 44.7 Å². The molecule has 4 nitrogen and oxygen atoms in total. The average molecular weight is 338 g/mol. The van der Waals surface area contributed by atoms with Gasteiger partial charge >= 0.3 is 0 Å². The summed E-state index contributed by atoms with van der Waals surface area (Å²) in [5.41, 5.74) is 1.60. The van der Waals surface area contributed by atoms with Crippen LogP contribution >= 0.6 is 12.6 Å². The fraction of sp³-hybridized carbons (Fsp3) is 0.667. The Labute approximate surface area is 146 Å². The van der Waals surface area contributed by atoms with Crippen molar-refractivity contribution in [3.05, 3.63) is 29.6 Å². The fourth-order valence-corrected chi connectivity index (χ4v) is 2.67. The number of ketones is 1. The van der Waals surface area contributed by atoms with Crippen molar-refractivity contribution in [3.63, 3.8) is 0 Å². The molecule has 1 aliphatic rings. The number of hydrogen-bond acceptors (Lipinski definition) is 5. The summed E-state index contributed by atoms with van der Waals surface area (Å²) in [5.74, 6) is 0.129. The molecule has 0 N–H and O–H groups in total. The first-order chi connectivity index (χ1) is 11.0. The van der Waals surface area contributed by atoms with Gasteiger partial charge in [0.25, 0.3) is 0 Å². The zero-order valence-corrected chi connectivity index (χ0v) is 16.0. The van der Waals surface area contributed by atoms with E-state index in [0.717, 1.165) is 38.4 Å². The fourth-order valence-electron chi connectivity index (χ4n) is 2.67. The Balaban J connectivity index is 0.00000127. The number of Topliss-reactive ketones (excluding diaryl/α,β-unsaturated/α-hetero) is 1. The minimum atomic E-state index is 0.00216. The van der Waals surface area contributed by atoms with Crippen LogP contribution in [0.15, 0.2) is 18.2 Å². The molecule has 0 saturated carbocycles. The molecule has 1 saturated heterocycles. The summed E-state index contributed by atoms with van der Waals surface area (Å²) in [6.45, 7) is 13.5. The predicted octanol–water partition coefficient (Wildman–Crippen LogP) is 2.99. The van der Waals surface area contributed by atoms with Gasteiger partial charge in [0.2, 0.25) is 0 Å². The van der Waals surface area contributed by atoms with E-state index in [1.165, 1.54) is 0 Å². The van der Waals surface area contributed by atoms with Crippen LogP contribution in [0.1, 0.15) is 43.9 Å². The van der Waals surface area contributed by atoms with Gasteiger partial charge in [-0.25, -0.2) is 4.98 Å². The third-order valence-electron chi connectivity index (χ3n) is 4.11. The van der Waals surface area contributed by atoms with E-state index in [1.54, 1.807) is 6.26 Å². The Morgan fingerprint density at radius 3 is 2.26 bits per heavy atom. The molecule has 1 aromatic rings. The van der Waals surface area contributed by atoms with E-state index in [9.17, 15) is 4.79 Å². The van der Waals surface area contributed by atoms with E-state index in [0.29, 0.717) is 11.7 Å². The number of rotatable bonds is 5. The minimum absolute atomic E-state index is 0.00216. The lowest BCUT2D eigenvalue weighted by Gasteiger charge is -2.36. The molecule has 1 aromatic heterocycles. The van der Waals surface area contributed by atoms with E-state index < -0.39 is 0 Å². The van der Waals surface area contributed by atoms with E-state index >= 15 is 0 Å². The van der Waals surface area contributed by atoms with Gasteiger partial charge in [-0.05, 0) is 32.2 Å². The molecule has 2 heterocycles. The molecule has 0 radical (unpaired) electrons. The first-order valence-corrected chi connectivity index (χ1v) is 9.28. The monoisotopic (exact) mass is 337 g/mol. The molecular formula is C18H31N3OS. The zero-order valence-electron chi connectivity index (χ0n) is 15.1. The highest BCUT2D eigenvalue weighted by molar-refractivity contribution is 7.79. The first kappa shape index (κ1) is 20.1. The summed E-state index contributed by atoms with van der Waals surface area (Å²) in [5, 5.41) is 0. The topological polar surface area (TPSA) is 36.4 Å². The van der Waals surface area contributed by atoms with E-state index in [1.807, 2.05) is 32.0 Å². The number of carbonyl (C=O) groups is 1. The summed E-state index contributed by atoms with van der Waals surface area (Å²) in [6.07, 6.45) is 1.69. The van der Waals surface area contributed by atoms with Gasteiger partial charge in [0.1, 0.15) is 5.69 Å². The molecule has 1 aliphatic heterocycles. The largest absolute Gasteiger partial charge is 0.298 e. The van der Waals surface area contributed by atoms with Crippen molar-refractivity contribution in [1.29, 1.82) is 0 Å². The van der Waals surface area contributed by atoms with Crippen LogP contribution in [0.5, 0.6) is 0 Å². The molecule has 130 valence electrons. The maximum Gasteiger partial charge on any atom is 0.183 e. The van der Waals surface area contributed by atoms with Gasteiger partial charge in [-0.2, -0.15) is 12.6 Å². The number of aromatic nitrogens is 1. The number of pyridine rings is 1. The molecule has 23 heavy (non-hydrogen) atoms. The summed E-state index contributed by atoms with van der Waals surface area (Å²) in [6, 6.07) is 6.41. The normalized spacial score (nSPS) is 16.3. The van der Waals surface area contributed by atoms with Crippen LogP contribution in [0, 0.1) is 5.92 Å². The highest BCUT2D eigenvalue weighted by Gasteiger charge is 2.19. The van der Waals surface area contributed by atoms with Crippen LogP contribution in [0.4, 0.5) is 0 Å². The Morgan fingerprint density at radius 2 is 1.74 bits per heavy atom. The number of nitrogens with zero attached hydrogens (tertiary/aromatic N) is 3. The van der Waals surface area contributed by atoms with Gasteiger partial charge in [-0.3, -0.25) is 14.6 Å². The lowest BCUT2D eigenvalue weighted by molar-refractivity contribution is 0.0931. The zero-order chi connectivity index (χ0) is 17.4. The number of carbonyl (C=O) groups excluding carboxylic acids is 1. The van der Waals surface area contributed by atoms with Crippen LogP contribution in [-0.2, 0) is 6.54 Å². The summed E-state index contributed by atoms with van der Waals surface area (Å²) in [7, 11) is 0. The van der Waals surface area contributed by atoms with Gasteiger partial charge < -0.3 is 0 Å². The quantitative estimate of drug-likeness (QED) is 0.662. The maximum atomic E-state index is 12.0. The lowest BCUT2D eigenvalue weighted by atomic mass is 10.1. The van der Waals surface area contributed by atoms with E-state index in [4.69, 9.17) is 0 Å². The highest BCUT2D eigenvalue weighted by atomic mass is 32.1. The second-order valence-corrected chi connectivity index (χ2v) is 6.44. The summed E-state index contributed by atoms with van der Waals surface area (Å²) < 4.78 is 0. The summed E-state index contributed by atoms with van der Waals surface area (Å²) >= 11 is 3.53. The average Bonchev–Trinajstić information content (AvgIpc) is 2.56. The lowest BCUT2D eigenvalue weighted by Crippen LogP contribution is -2.48. The predicted molar refractivity (Wildman–Crippen MR) is 100 cm³/mol. The van der Waals surface area contributed by atoms with Gasteiger partial charge in [-0.15, -0.1) is 0 Å². The minimum Gasteiger partial charge on any atom is -0.298 e. The Bertz CT molecular complexity index is 483. The Morgan fingerprint density at radius 1 is 1.13 bits per heavy atom. The van der Waals surface area contributed by atoms with Crippen LogP contribution in [0.3, 0.4) is 0 Å². The molecule has 0 amide bonds. The second-order valence-electron chi connectivity index (χ2n) is 6.44. The molecule has 0 spiro atoms. The van der Waals surface area contributed by atoms with Crippen molar-refractivity contribution in [2.75, 3.05) is 32.4 Å². The van der Waals surface area contributed by atoms with Crippen LogP contribution in [0.2, 0.25) is 0 Å². The van der Waals surface area contributed by atoms with Crippen LogP contribution in [0.25, 0.3) is 0 Å². The van der Waals surface area contributed by atoms with Gasteiger partial charge in [0.15, 0.2) is 5.78 Å². The number of hydrogen-bond donors (Lipinski definition) is 1. The SMILES string of the molecule is CC(C)C(=O)c1cccc(CN2CCN(C(C)C)CC2)n1.CS. The molecule has 0 aromatic carbocycles. The first-order valence-electron chi connectivity index (χ1n) is 8.38. The maximum absolute atomic E-state index is 12.0. The van der Waals surface area contributed by atoms with Gasteiger partial charge in [0.05, 0.1) is 5.69 Å². The smallest absolute Gasteiger partial charge is 0.183 e. The van der Waals surface area contributed by atoms with E-state index in [-0.39, 0.29) is 11.7 Å². The summed E-state index contributed by atoms with van der Waals surface area (Å²) in [4.78, 5) is 21.5. The molecule has 5 heteroatoms. The third kappa shape index (κ3) is 6.24. The molecule has 0 bridgehead atoms. The van der Waals surface area contributed by atoms with Crippen LogP contribution in [-0.4, -0.2) is 59.0 Å². The molecule has 2 rings (SSSR count). The van der Waals surface area contributed by atoms with Crippen molar-refractivity contribution in [3.8, 4) is 0 Å². The van der Waals surface area contributed by atoms with E-state index in [2.05, 4.69) is 41.3 Å². The molecule has 0 atom stereocenters. The molecule has 0 unspecified atom stereocenters. The van der Waals surface area contributed by atoms with Crippen molar-refractivity contribution < 1.29 is 4.79 Å². The van der Waals surface area contributed by atoms with Crippen LogP contribution < -0.4 is 0 Å². The molecule has 1 fully saturated rings. The number of piperazine rings is 1. The van der Waals surface area contributed by atoms with Crippen molar-refractivity contribution in [2.24, 2.45) is 5.92 Å². The number of thiol groups is 1.